The summed E-state index contributed by atoms with van der Waals surface area (Å²) in [6.07, 6.45) is 0.741. The predicted molar refractivity (Wildman–Crippen MR) is 150 cm³/mol. The molecule has 12 heteroatoms. The summed E-state index contributed by atoms with van der Waals surface area (Å²) in [5, 5.41) is 2.95. The average Bonchev–Trinajstić information content (AvgIpc) is 3.32. The molecule has 39 heavy (non-hydrogen) atoms. The molecule has 1 aromatic heterocycles. The molecule has 0 radical (unpaired) electrons. The molecule has 0 spiro atoms. The second kappa shape index (κ2) is 13.0. The van der Waals surface area contributed by atoms with Gasteiger partial charge in [0.25, 0.3) is 11.8 Å². The van der Waals surface area contributed by atoms with Gasteiger partial charge in [-0.2, -0.15) is 4.37 Å². The van der Waals surface area contributed by atoms with E-state index < -0.39 is 23.8 Å². The molecule has 1 unspecified atom stereocenters. The lowest BCUT2D eigenvalue weighted by molar-refractivity contribution is -0.122. The molecule has 0 aliphatic rings. The molecule has 3 aromatic rings. The van der Waals surface area contributed by atoms with Crippen LogP contribution >= 0.6 is 11.5 Å². The highest BCUT2D eigenvalue weighted by Gasteiger charge is 2.36. The van der Waals surface area contributed by atoms with Crippen LogP contribution in [0, 0.1) is 5.92 Å². The number of hydrogen-bond donors (Lipinski definition) is 3. The van der Waals surface area contributed by atoms with E-state index in [1.807, 2.05) is 13.8 Å². The van der Waals surface area contributed by atoms with Gasteiger partial charge in [0.2, 0.25) is 5.91 Å². The maximum Gasteiger partial charge on any atom is 0.273 e. The van der Waals surface area contributed by atoms with Crippen molar-refractivity contribution in [2.24, 2.45) is 11.7 Å². The van der Waals surface area contributed by atoms with Crippen molar-refractivity contribution < 1.29 is 28.6 Å². The van der Waals surface area contributed by atoms with Gasteiger partial charge in [-0.25, -0.2) is 0 Å². The molecule has 1 heterocycles. The van der Waals surface area contributed by atoms with Gasteiger partial charge in [0, 0.05) is 12.2 Å². The summed E-state index contributed by atoms with van der Waals surface area (Å²) < 4.78 is 20.1. The van der Waals surface area contributed by atoms with Crippen LogP contribution in [0.15, 0.2) is 42.5 Å². The second-order valence-corrected chi connectivity index (χ2v) is 9.78. The normalized spacial score (nSPS) is 11.5. The van der Waals surface area contributed by atoms with Crippen molar-refractivity contribution in [2.45, 2.75) is 26.3 Å². The summed E-state index contributed by atoms with van der Waals surface area (Å²) in [4.78, 5) is 41.0. The zero-order valence-electron chi connectivity index (χ0n) is 22.5. The minimum Gasteiger partial charge on any atom is -0.497 e. The van der Waals surface area contributed by atoms with Crippen LogP contribution in [-0.2, 0) is 4.79 Å². The van der Waals surface area contributed by atoms with Gasteiger partial charge < -0.3 is 31.0 Å². The number of nitrogens with two attached hydrogens (primary N) is 2. The fourth-order valence-electron chi connectivity index (χ4n) is 3.89. The first kappa shape index (κ1) is 29.2. The first-order valence-corrected chi connectivity index (χ1v) is 12.9. The van der Waals surface area contributed by atoms with E-state index in [2.05, 4.69) is 9.69 Å². The Kier molecular flexibility index (Phi) is 9.72. The Bertz CT molecular complexity index is 1320. The molecule has 0 aliphatic carbocycles. The third-order valence-corrected chi connectivity index (χ3v) is 6.83. The molecule has 0 bridgehead atoms. The maximum absolute atomic E-state index is 14.1. The number of carbonyl (C=O) groups excluding carboxylic acids is 3. The van der Waals surface area contributed by atoms with Gasteiger partial charge in [-0.05, 0) is 65.8 Å². The van der Waals surface area contributed by atoms with Crippen molar-refractivity contribution in [1.82, 2.24) is 9.69 Å². The quantitative estimate of drug-likeness (QED) is 0.307. The van der Waals surface area contributed by atoms with E-state index in [9.17, 15) is 14.4 Å². The molecule has 0 saturated carbocycles. The Morgan fingerprint density at radius 2 is 1.67 bits per heavy atom. The van der Waals surface area contributed by atoms with Crippen molar-refractivity contribution in [3.63, 3.8) is 0 Å². The number of amides is 3. The van der Waals surface area contributed by atoms with Gasteiger partial charge in [0.1, 0.15) is 16.7 Å². The molecule has 0 saturated heterocycles. The highest BCUT2D eigenvalue weighted by molar-refractivity contribution is 7.09. The molecule has 11 nitrogen and oxygen atoms in total. The van der Waals surface area contributed by atoms with Gasteiger partial charge in [0.05, 0.1) is 27.0 Å². The molecule has 1 atom stereocenters. The largest absolute Gasteiger partial charge is 0.497 e. The smallest absolute Gasteiger partial charge is 0.273 e. The van der Waals surface area contributed by atoms with Crippen molar-refractivity contribution in [3.8, 4) is 17.2 Å². The average molecular weight is 556 g/mol. The summed E-state index contributed by atoms with van der Waals surface area (Å²) in [5.41, 5.74) is 12.0. The third-order valence-electron chi connectivity index (χ3n) is 5.98. The van der Waals surface area contributed by atoms with Gasteiger partial charge in [0.15, 0.2) is 17.2 Å². The summed E-state index contributed by atoms with van der Waals surface area (Å²) in [5.74, 6) is -0.170. The summed E-state index contributed by atoms with van der Waals surface area (Å²) in [6, 6.07) is 10.5. The number of carbonyl (C=O) groups is 3. The minimum atomic E-state index is -1.16. The molecule has 0 fully saturated rings. The van der Waals surface area contributed by atoms with E-state index in [0.717, 1.165) is 18.0 Å². The monoisotopic (exact) mass is 555 g/mol. The van der Waals surface area contributed by atoms with Crippen LogP contribution in [0.1, 0.15) is 52.0 Å². The van der Waals surface area contributed by atoms with Crippen LogP contribution in [0.25, 0.3) is 0 Å². The van der Waals surface area contributed by atoms with Gasteiger partial charge in [-0.3, -0.25) is 19.3 Å². The minimum absolute atomic E-state index is 0.0277. The number of nitrogens with one attached hydrogen (secondary N) is 1. The van der Waals surface area contributed by atoms with Gasteiger partial charge in [-0.1, -0.05) is 19.9 Å². The van der Waals surface area contributed by atoms with Crippen molar-refractivity contribution in [2.75, 3.05) is 38.5 Å². The molecule has 5 N–H and O–H groups in total. The lowest BCUT2D eigenvalue weighted by Crippen LogP contribution is -2.44. The van der Waals surface area contributed by atoms with Crippen LogP contribution in [-0.4, -0.2) is 50.0 Å². The second-order valence-electron chi connectivity index (χ2n) is 9.00. The number of methoxy groups -OCH3 is 3. The van der Waals surface area contributed by atoms with Gasteiger partial charge in [-0.15, -0.1) is 0 Å². The van der Waals surface area contributed by atoms with E-state index in [0.29, 0.717) is 41.0 Å². The molecule has 2 aromatic carbocycles. The lowest BCUT2D eigenvalue weighted by atomic mass is 10.0. The maximum atomic E-state index is 14.1. The predicted octanol–water partition coefficient (Wildman–Crippen LogP) is 3.40. The Morgan fingerprint density at radius 3 is 2.21 bits per heavy atom. The van der Waals surface area contributed by atoms with Crippen LogP contribution in [0.4, 0.5) is 11.4 Å². The van der Waals surface area contributed by atoms with Crippen LogP contribution < -0.4 is 35.9 Å². The molecule has 3 rings (SSSR count). The Balaban J connectivity index is 2.22. The fraction of sp³-hybridized carbons (Fsp3) is 0.333. The molecular formula is C27H33N5O6S. The highest BCUT2D eigenvalue weighted by atomic mass is 32.1. The number of ether oxygens (including phenoxy) is 3. The number of hydrogen-bond acceptors (Lipinski definition) is 9. The van der Waals surface area contributed by atoms with Gasteiger partial charge >= 0.3 is 0 Å². The van der Waals surface area contributed by atoms with Crippen molar-refractivity contribution >= 4 is 40.6 Å². The number of nitrogens with zero attached hydrogens (tertiary/aromatic N) is 2. The molecule has 3 amide bonds. The summed E-state index contributed by atoms with van der Waals surface area (Å²) >= 11 is 0.735. The first-order chi connectivity index (χ1) is 18.6. The van der Waals surface area contributed by atoms with E-state index in [4.69, 9.17) is 25.7 Å². The van der Waals surface area contributed by atoms with Crippen molar-refractivity contribution in [1.29, 1.82) is 0 Å². The van der Waals surface area contributed by atoms with Crippen LogP contribution in [0.3, 0.4) is 0 Å². The zero-order valence-corrected chi connectivity index (χ0v) is 23.3. The molecule has 0 aliphatic heterocycles. The summed E-state index contributed by atoms with van der Waals surface area (Å²) in [7, 11) is 4.51. The number of nitrogen functional groups attached to an aromatic ring is 1. The number of aromatic nitrogens is 1. The van der Waals surface area contributed by atoms with Crippen molar-refractivity contribution in [3.05, 3.63) is 58.6 Å². The Hall–Kier alpha value is -4.32. The molecular weight excluding hydrogens is 522 g/mol. The number of rotatable bonds is 12. The Morgan fingerprint density at radius 1 is 1.00 bits per heavy atom. The third kappa shape index (κ3) is 6.58. The number of primary amides is 1. The number of anilines is 2. The zero-order chi connectivity index (χ0) is 28.7. The topological polar surface area (TPSA) is 159 Å². The van der Waals surface area contributed by atoms with E-state index >= 15 is 0 Å². The molecule has 208 valence electrons. The lowest BCUT2D eigenvalue weighted by Gasteiger charge is -2.31. The Labute approximate surface area is 231 Å². The number of benzene rings is 2. The SMILES string of the molecule is COc1ccc(N(C(=O)c2snc(C(N)=O)c2N)C(C(=O)NCCC(C)C)c2ccc(OC)c(OC)c2)cc1. The highest BCUT2D eigenvalue weighted by Crippen LogP contribution is 2.37. The summed E-state index contributed by atoms with van der Waals surface area (Å²) in [6.45, 7) is 4.50. The van der Waals surface area contributed by atoms with E-state index in [1.54, 1.807) is 42.5 Å². The first-order valence-electron chi connectivity index (χ1n) is 12.1. The standard InChI is InChI=1S/C27H33N5O6S/c1-15(2)12-13-30-26(34)23(16-6-11-19(37-4)20(14-16)38-5)32(17-7-9-18(36-3)10-8-17)27(35)24-21(28)22(25(29)33)31-39-24/h6-11,14-15,23H,12-13,28H2,1-5H3,(H2,29,33)(H,30,34). The van der Waals surface area contributed by atoms with Crippen LogP contribution in [0.5, 0.6) is 17.2 Å². The van der Waals surface area contributed by atoms with Crippen LogP contribution in [0.2, 0.25) is 0 Å². The van der Waals surface area contributed by atoms with E-state index in [1.165, 1.54) is 26.2 Å². The fourth-order valence-corrected chi connectivity index (χ4v) is 4.63. The van der Waals surface area contributed by atoms with E-state index in [-0.39, 0.29) is 16.3 Å².